The van der Waals surface area contributed by atoms with Crippen LogP contribution in [0, 0.1) is 0 Å². The smallest absolute Gasteiger partial charge is 0.264 e. The molecule has 1 fully saturated rings. The van der Waals surface area contributed by atoms with Gasteiger partial charge in [-0.25, -0.2) is 0 Å². The van der Waals surface area contributed by atoms with E-state index in [0.717, 1.165) is 11.6 Å². The first-order chi connectivity index (χ1) is 10.1. The minimum Gasteiger partial charge on any atom is -0.353 e. The van der Waals surface area contributed by atoms with Gasteiger partial charge in [0.05, 0.1) is 5.39 Å². The van der Waals surface area contributed by atoms with Gasteiger partial charge in [0.1, 0.15) is 5.65 Å². The van der Waals surface area contributed by atoms with Crippen LogP contribution in [0.4, 0.5) is 5.95 Å². The van der Waals surface area contributed by atoms with E-state index in [2.05, 4.69) is 23.7 Å². The Morgan fingerprint density at radius 1 is 1.38 bits per heavy atom. The Bertz CT molecular complexity index is 692. The van der Waals surface area contributed by atoms with E-state index >= 15 is 0 Å². The zero-order valence-corrected chi connectivity index (χ0v) is 13.1. The van der Waals surface area contributed by atoms with Gasteiger partial charge in [0.25, 0.3) is 5.56 Å². The lowest BCUT2D eigenvalue weighted by molar-refractivity contribution is 0.614. The highest BCUT2D eigenvalue weighted by Crippen LogP contribution is 2.23. The van der Waals surface area contributed by atoms with Crippen molar-refractivity contribution < 1.29 is 0 Å². The number of fused-ring (bicyclic) bond motifs is 1. The molecule has 2 heterocycles. The van der Waals surface area contributed by atoms with Crippen molar-refractivity contribution in [3.8, 4) is 0 Å². The molecule has 2 aromatic rings. The van der Waals surface area contributed by atoms with Crippen LogP contribution in [-0.4, -0.2) is 20.2 Å². The molecule has 0 aromatic carbocycles. The predicted octanol–water partition coefficient (Wildman–Crippen LogP) is 3.15. The van der Waals surface area contributed by atoms with E-state index in [-0.39, 0.29) is 5.56 Å². The van der Waals surface area contributed by atoms with Gasteiger partial charge < -0.3 is 9.88 Å². The van der Waals surface area contributed by atoms with Gasteiger partial charge in [-0.05, 0) is 39.7 Å². The lowest BCUT2D eigenvalue weighted by Crippen LogP contribution is -2.28. The minimum atomic E-state index is 0.0578. The number of anilines is 1. The molecule has 5 heteroatoms. The topological polar surface area (TPSA) is 51.9 Å². The van der Waals surface area contributed by atoms with Crippen LogP contribution in [0.15, 0.2) is 17.1 Å². The second-order valence-corrected chi connectivity index (χ2v) is 6.16. The molecule has 1 N–H and O–H groups in total. The molecule has 0 saturated heterocycles. The van der Waals surface area contributed by atoms with Gasteiger partial charge >= 0.3 is 0 Å². The van der Waals surface area contributed by atoms with Gasteiger partial charge in [0.15, 0.2) is 0 Å². The molecule has 5 nitrogen and oxygen atoms in total. The van der Waals surface area contributed by atoms with E-state index in [1.54, 1.807) is 4.57 Å². The highest BCUT2D eigenvalue weighted by atomic mass is 16.1. The number of nitrogens with zero attached hydrogens (tertiary/aromatic N) is 3. The van der Waals surface area contributed by atoms with Crippen molar-refractivity contribution in [3.05, 3.63) is 22.6 Å². The summed E-state index contributed by atoms with van der Waals surface area (Å²) in [4.78, 5) is 17.4. The first-order valence-electron chi connectivity index (χ1n) is 7.99. The quantitative estimate of drug-likeness (QED) is 0.940. The molecule has 21 heavy (non-hydrogen) atoms. The summed E-state index contributed by atoms with van der Waals surface area (Å²) in [5, 5.41) is 4.20. The Labute approximate surface area is 125 Å². The van der Waals surface area contributed by atoms with E-state index in [4.69, 9.17) is 4.98 Å². The van der Waals surface area contributed by atoms with Crippen molar-refractivity contribution in [2.75, 3.05) is 5.32 Å². The first kappa shape index (κ1) is 14.2. The van der Waals surface area contributed by atoms with Crippen molar-refractivity contribution in [1.82, 2.24) is 14.1 Å². The van der Waals surface area contributed by atoms with Crippen LogP contribution in [-0.2, 0) is 6.54 Å². The van der Waals surface area contributed by atoms with E-state index < -0.39 is 0 Å². The summed E-state index contributed by atoms with van der Waals surface area (Å²) in [6.07, 6.45) is 6.83. The Morgan fingerprint density at radius 2 is 2.10 bits per heavy atom. The van der Waals surface area contributed by atoms with Gasteiger partial charge in [0.2, 0.25) is 5.95 Å². The average Bonchev–Trinajstić information content (AvgIpc) is 3.08. The van der Waals surface area contributed by atoms with Crippen molar-refractivity contribution in [3.63, 3.8) is 0 Å². The largest absolute Gasteiger partial charge is 0.353 e. The van der Waals surface area contributed by atoms with Crippen LogP contribution in [0.5, 0.6) is 0 Å². The predicted molar refractivity (Wildman–Crippen MR) is 85.9 cm³/mol. The summed E-state index contributed by atoms with van der Waals surface area (Å²) in [6.45, 7) is 6.85. The highest BCUT2D eigenvalue weighted by Gasteiger charge is 2.19. The Kier molecular flexibility index (Phi) is 3.74. The molecule has 114 valence electrons. The summed E-state index contributed by atoms with van der Waals surface area (Å²) < 4.78 is 3.82. The van der Waals surface area contributed by atoms with Crippen molar-refractivity contribution >= 4 is 17.0 Å². The molecule has 3 rings (SSSR count). The standard InChI is InChI=1S/C16H24N4O/c1-4-19-15(21)13-9-10-20(11(2)3)14(13)18-16(19)17-12-7-5-6-8-12/h9-12H,4-8H2,1-3H3,(H,17,18). The second-order valence-electron chi connectivity index (χ2n) is 6.16. The van der Waals surface area contributed by atoms with Crippen molar-refractivity contribution in [1.29, 1.82) is 0 Å². The van der Waals surface area contributed by atoms with Crippen molar-refractivity contribution in [2.45, 2.75) is 65.1 Å². The lowest BCUT2D eigenvalue weighted by atomic mass is 10.2. The molecule has 2 aromatic heterocycles. The monoisotopic (exact) mass is 288 g/mol. The van der Waals surface area contributed by atoms with Crippen LogP contribution in [0.3, 0.4) is 0 Å². The summed E-state index contributed by atoms with van der Waals surface area (Å²) in [7, 11) is 0. The first-order valence-corrected chi connectivity index (χ1v) is 7.99. The number of hydrogen-bond donors (Lipinski definition) is 1. The van der Waals surface area contributed by atoms with E-state index in [1.807, 2.05) is 19.2 Å². The molecule has 0 spiro atoms. The second kappa shape index (κ2) is 5.54. The molecule has 1 aliphatic rings. The molecule has 0 radical (unpaired) electrons. The fraction of sp³-hybridized carbons (Fsp3) is 0.625. The van der Waals surface area contributed by atoms with Crippen LogP contribution in [0.1, 0.15) is 52.5 Å². The van der Waals surface area contributed by atoms with E-state index in [9.17, 15) is 4.79 Å². The summed E-state index contributed by atoms with van der Waals surface area (Å²) >= 11 is 0. The fourth-order valence-corrected chi connectivity index (χ4v) is 3.20. The van der Waals surface area contributed by atoms with Gasteiger partial charge in [0, 0.05) is 24.8 Å². The van der Waals surface area contributed by atoms with Gasteiger partial charge in [-0.2, -0.15) is 4.98 Å². The Balaban J connectivity index is 2.12. The highest BCUT2D eigenvalue weighted by molar-refractivity contribution is 5.76. The fourth-order valence-electron chi connectivity index (χ4n) is 3.20. The zero-order valence-electron chi connectivity index (χ0n) is 13.1. The average molecular weight is 288 g/mol. The zero-order chi connectivity index (χ0) is 15.0. The van der Waals surface area contributed by atoms with Crippen LogP contribution >= 0.6 is 0 Å². The molecular weight excluding hydrogens is 264 g/mol. The van der Waals surface area contributed by atoms with Crippen LogP contribution < -0.4 is 10.9 Å². The van der Waals surface area contributed by atoms with Crippen molar-refractivity contribution in [2.24, 2.45) is 0 Å². The number of nitrogens with one attached hydrogen (secondary N) is 1. The molecule has 0 atom stereocenters. The van der Waals surface area contributed by atoms with Gasteiger partial charge in [-0.3, -0.25) is 9.36 Å². The number of aromatic nitrogens is 3. The number of hydrogen-bond acceptors (Lipinski definition) is 3. The minimum absolute atomic E-state index is 0.0578. The lowest BCUT2D eigenvalue weighted by Gasteiger charge is -2.18. The Morgan fingerprint density at radius 3 is 2.71 bits per heavy atom. The number of rotatable bonds is 4. The molecule has 0 amide bonds. The normalized spacial score (nSPS) is 16.2. The third-order valence-electron chi connectivity index (χ3n) is 4.39. The summed E-state index contributed by atoms with van der Waals surface area (Å²) in [6, 6.07) is 2.64. The molecular formula is C16H24N4O. The molecule has 0 bridgehead atoms. The van der Waals surface area contributed by atoms with Crippen LogP contribution in [0.2, 0.25) is 0 Å². The van der Waals surface area contributed by atoms with E-state index in [0.29, 0.717) is 24.0 Å². The maximum atomic E-state index is 12.7. The maximum absolute atomic E-state index is 12.7. The van der Waals surface area contributed by atoms with Gasteiger partial charge in [-0.15, -0.1) is 0 Å². The Hall–Kier alpha value is -1.78. The molecule has 0 aliphatic heterocycles. The molecule has 1 aliphatic carbocycles. The third-order valence-corrected chi connectivity index (χ3v) is 4.39. The van der Waals surface area contributed by atoms with Gasteiger partial charge in [-0.1, -0.05) is 12.8 Å². The maximum Gasteiger partial charge on any atom is 0.264 e. The summed E-state index contributed by atoms with van der Waals surface area (Å²) in [5.41, 5.74) is 0.850. The summed E-state index contributed by atoms with van der Waals surface area (Å²) in [5.74, 6) is 0.725. The molecule has 1 saturated carbocycles. The van der Waals surface area contributed by atoms with E-state index in [1.165, 1.54) is 25.7 Å². The van der Waals surface area contributed by atoms with Crippen LogP contribution in [0.25, 0.3) is 11.0 Å². The molecule has 0 unspecified atom stereocenters. The third kappa shape index (κ3) is 2.45. The SMILES string of the molecule is CCn1c(NC2CCCC2)nc2c(ccn2C(C)C)c1=O.